The lowest BCUT2D eigenvalue weighted by Gasteiger charge is -2.22. The van der Waals surface area contributed by atoms with Crippen LogP contribution in [-0.2, 0) is 26.1 Å². The van der Waals surface area contributed by atoms with Gasteiger partial charge in [-0.25, -0.2) is 4.98 Å². The Hall–Kier alpha value is -2.14. The zero-order valence-corrected chi connectivity index (χ0v) is 16.4. The van der Waals surface area contributed by atoms with E-state index in [-0.39, 0.29) is 5.91 Å². The van der Waals surface area contributed by atoms with Crippen LogP contribution in [0.3, 0.4) is 0 Å². The van der Waals surface area contributed by atoms with Crippen molar-refractivity contribution in [1.82, 2.24) is 19.4 Å². The average Bonchev–Trinajstić information content (AvgIpc) is 3.27. The van der Waals surface area contributed by atoms with Crippen molar-refractivity contribution < 1.29 is 4.79 Å². The molecule has 0 aliphatic carbocycles. The second-order valence-electron chi connectivity index (χ2n) is 7.84. The Morgan fingerprint density at radius 1 is 1.04 bits per heavy atom. The number of carbonyl (C=O) groups is 1. The van der Waals surface area contributed by atoms with Gasteiger partial charge in [-0.2, -0.15) is 0 Å². The Balaban J connectivity index is 1.50. The van der Waals surface area contributed by atoms with Gasteiger partial charge in [-0.05, 0) is 56.5 Å². The fourth-order valence-corrected chi connectivity index (χ4v) is 4.26. The number of aromatic nitrogens is 2. The third-order valence-corrected chi connectivity index (χ3v) is 5.80. The number of aryl methyl sites for hydroxylation is 2. The summed E-state index contributed by atoms with van der Waals surface area (Å²) in [6.07, 6.45) is 7.71. The van der Waals surface area contributed by atoms with Gasteiger partial charge in [-0.1, -0.05) is 25.5 Å². The molecule has 4 rings (SSSR count). The van der Waals surface area contributed by atoms with Crippen molar-refractivity contribution >= 4 is 5.91 Å². The molecule has 0 spiro atoms. The fourth-order valence-electron chi connectivity index (χ4n) is 4.26. The minimum atomic E-state index is 0.139. The first-order chi connectivity index (χ1) is 13.2. The maximum Gasteiger partial charge on any atom is 0.254 e. The summed E-state index contributed by atoms with van der Waals surface area (Å²) in [5.41, 5.74) is 4.46. The Kier molecular flexibility index (Phi) is 5.58. The molecule has 1 amide bonds. The van der Waals surface area contributed by atoms with E-state index < -0.39 is 0 Å². The molecule has 1 aromatic carbocycles. The van der Waals surface area contributed by atoms with Gasteiger partial charge in [0.25, 0.3) is 5.91 Å². The highest BCUT2D eigenvalue weighted by atomic mass is 16.2. The number of hydrogen-bond donors (Lipinski definition) is 0. The smallest absolute Gasteiger partial charge is 0.254 e. The topological polar surface area (TPSA) is 41.4 Å². The van der Waals surface area contributed by atoms with Crippen LogP contribution in [0, 0.1) is 0 Å². The van der Waals surface area contributed by atoms with Gasteiger partial charge in [0, 0.05) is 25.2 Å². The monoisotopic (exact) mass is 366 g/mol. The molecule has 2 aliphatic rings. The van der Waals surface area contributed by atoms with E-state index in [2.05, 4.69) is 33.5 Å². The van der Waals surface area contributed by atoms with Crippen molar-refractivity contribution in [3.63, 3.8) is 0 Å². The number of carbonyl (C=O) groups excluding carboxylic acids is 1. The molecule has 5 nitrogen and oxygen atoms in total. The highest BCUT2D eigenvalue weighted by Crippen LogP contribution is 2.21. The van der Waals surface area contributed by atoms with E-state index in [0.29, 0.717) is 6.54 Å². The SMILES string of the molecule is CCCc1ccc(C(=O)N2CCCn3cnc(CN4CCCC4)c3C2)cc1. The summed E-state index contributed by atoms with van der Waals surface area (Å²) in [6, 6.07) is 8.16. The molecule has 2 aromatic rings. The summed E-state index contributed by atoms with van der Waals surface area (Å²) < 4.78 is 2.25. The van der Waals surface area contributed by atoms with Crippen LogP contribution in [0.1, 0.15) is 59.9 Å². The largest absolute Gasteiger partial charge is 0.333 e. The van der Waals surface area contributed by atoms with Crippen LogP contribution in [0.25, 0.3) is 0 Å². The Labute approximate surface area is 162 Å². The molecule has 1 aromatic heterocycles. The third-order valence-electron chi connectivity index (χ3n) is 5.80. The van der Waals surface area contributed by atoms with Gasteiger partial charge < -0.3 is 9.47 Å². The normalized spacial score (nSPS) is 17.7. The molecule has 0 N–H and O–H groups in total. The highest BCUT2D eigenvalue weighted by Gasteiger charge is 2.24. The molecule has 0 radical (unpaired) electrons. The lowest BCUT2D eigenvalue weighted by Crippen LogP contribution is -2.31. The summed E-state index contributed by atoms with van der Waals surface area (Å²) in [6.45, 7) is 7.84. The van der Waals surface area contributed by atoms with E-state index >= 15 is 0 Å². The Bertz CT molecular complexity index is 774. The zero-order valence-electron chi connectivity index (χ0n) is 16.4. The molecule has 0 unspecified atom stereocenters. The molecule has 1 saturated heterocycles. The lowest BCUT2D eigenvalue weighted by atomic mass is 10.1. The third kappa shape index (κ3) is 4.08. The van der Waals surface area contributed by atoms with Gasteiger partial charge in [0.15, 0.2) is 0 Å². The van der Waals surface area contributed by atoms with E-state index in [4.69, 9.17) is 0 Å². The Morgan fingerprint density at radius 3 is 2.56 bits per heavy atom. The predicted octanol–water partition coefficient (Wildman–Crippen LogP) is 3.48. The van der Waals surface area contributed by atoms with E-state index in [9.17, 15) is 4.79 Å². The van der Waals surface area contributed by atoms with Crippen molar-refractivity contribution in [2.24, 2.45) is 0 Å². The average molecular weight is 367 g/mol. The number of imidazole rings is 1. The first-order valence-corrected chi connectivity index (χ1v) is 10.4. The number of nitrogens with zero attached hydrogens (tertiary/aromatic N) is 4. The first kappa shape index (κ1) is 18.2. The molecule has 3 heterocycles. The van der Waals surface area contributed by atoms with Crippen molar-refractivity contribution in [2.75, 3.05) is 19.6 Å². The predicted molar refractivity (Wildman–Crippen MR) is 107 cm³/mol. The van der Waals surface area contributed by atoms with E-state index in [0.717, 1.165) is 50.2 Å². The quantitative estimate of drug-likeness (QED) is 0.813. The zero-order chi connectivity index (χ0) is 18.6. The van der Waals surface area contributed by atoms with Crippen molar-refractivity contribution in [2.45, 2.75) is 58.7 Å². The fraction of sp³-hybridized carbons (Fsp3) is 0.545. The van der Waals surface area contributed by atoms with Crippen LogP contribution in [0.4, 0.5) is 0 Å². The van der Waals surface area contributed by atoms with Crippen LogP contribution in [0.2, 0.25) is 0 Å². The minimum absolute atomic E-state index is 0.139. The van der Waals surface area contributed by atoms with Gasteiger partial charge in [0.2, 0.25) is 0 Å². The van der Waals surface area contributed by atoms with E-state index in [1.54, 1.807) is 0 Å². The highest BCUT2D eigenvalue weighted by molar-refractivity contribution is 5.94. The van der Waals surface area contributed by atoms with Crippen LogP contribution >= 0.6 is 0 Å². The molecule has 1 fully saturated rings. The number of likely N-dealkylation sites (tertiary alicyclic amines) is 1. The van der Waals surface area contributed by atoms with Gasteiger partial charge in [0.1, 0.15) is 0 Å². The number of hydrogen-bond acceptors (Lipinski definition) is 3. The van der Waals surface area contributed by atoms with Crippen molar-refractivity contribution in [1.29, 1.82) is 0 Å². The van der Waals surface area contributed by atoms with Gasteiger partial charge >= 0.3 is 0 Å². The maximum atomic E-state index is 13.1. The lowest BCUT2D eigenvalue weighted by molar-refractivity contribution is 0.0745. The van der Waals surface area contributed by atoms with Crippen LogP contribution in [-0.4, -0.2) is 44.9 Å². The molecule has 144 valence electrons. The molecule has 0 bridgehead atoms. The second kappa shape index (κ2) is 8.26. The molecule has 27 heavy (non-hydrogen) atoms. The number of amides is 1. The number of fused-ring (bicyclic) bond motifs is 1. The standard InChI is InChI=1S/C22H30N4O/c1-2-6-18-7-9-19(10-8-18)22(27)25-13-5-14-26-17-23-20(21(26)16-25)15-24-11-3-4-12-24/h7-10,17H,2-6,11-16H2,1H3. The summed E-state index contributed by atoms with van der Waals surface area (Å²) in [4.78, 5) is 22.3. The minimum Gasteiger partial charge on any atom is -0.333 e. The van der Waals surface area contributed by atoms with E-state index in [1.807, 2.05) is 23.4 Å². The van der Waals surface area contributed by atoms with Crippen LogP contribution in [0.5, 0.6) is 0 Å². The molecule has 5 heteroatoms. The summed E-state index contributed by atoms with van der Waals surface area (Å²) in [7, 11) is 0. The van der Waals surface area contributed by atoms with Gasteiger partial charge in [0.05, 0.1) is 24.3 Å². The number of rotatable bonds is 5. The maximum absolute atomic E-state index is 13.1. The molecule has 0 atom stereocenters. The number of benzene rings is 1. The van der Waals surface area contributed by atoms with Gasteiger partial charge in [-0.3, -0.25) is 9.69 Å². The first-order valence-electron chi connectivity index (χ1n) is 10.4. The van der Waals surface area contributed by atoms with Crippen molar-refractivity contribution in [3.8, 4) is 0 Å². The Morgan fingerprint density at radius 2 is 1.81 bits per heavy atom. The van der Waals surface area contributed by atoms with Gasteiger partial charge in [-0.15, -0.1) is 0 Å². The summed E-state index contributed by atoms with van der Waals surface area (Å²) in [5, 5.41) is 0. The van der Waals surface area contributed by atoms with Crippen molar-refractivity contribution in [3.05, 3.63) is 53.1 Å². The molecular formula is C22H30N4O. The molecule has 2 aliphatic heterocycles. The second-order valence-corrected chi connectivity index (χ2v) is 7.84. The van der Waals surface area contributed by atoms with E-state index in [1.165, 1.54) is 37.2 Å². The molecular weight excluding hydrogens is 336 g/mol. The van der Waals surface area contributed by atoms with Crippen LogP contribution in [0.15, 0.2) is 30.6 Å². The summed E-state index contributed by atoms with van der Waals surface area (Å²) in [5.74, 6) is 0.139. The van der Waals surface area contributed by atoms with Crippen LogP contribution < -0.4 is 0 Å². The molecule has 0 saturated carbocycles. The summed E-state index contributed by atoms with van der Waals surface area (Å²) >= 11 is 0.